The molecule has 3 aromatic carbocycles. The number of hydrogen-bond acceptors (Lipinski definition) is 7. The predicted octanol–water partition coefficient (Wildman–Crippen LogP) is 5.69. The van der Waals surface area contributed by atoms with Crippen LogP contribution in [0.4, 0.5) is 5.69 Å². The number of halogens is 2. The molecule has 3 aromatic rings. The van der Waals surface area contributed by atoms with E-state index in [4.69, 9.17) is 37.4 Å². The molecule has 0 heterocycles. The number of sulfonamides is 1. The maximum Gasteiger partial charge on any atom is 0.265 e. The van der Waals surface area contributed by atoms with E-state index in [1.807, 2.05) is 0 Å². The summed E-state index contributed by atoms with van der Waals surface area (Å²) < 4.78 is 45.7. The van der Waals surface area contributed by atoms with E-state index in [0.29, 0.717) is 16.3 Å². The van der Waals surface area contributed by atoms with Crippen molar-refractivity contribution in [3.8, 4) is 17.2 Å². The lowest BCUT2D eigenvalue weighted by Gasteiger charge is -2.33. The number of anilines is 1. The second kappa shape index (κ2) is 15.1. The summed E-state index contributed by atoms with van der Waals surface area (Å²) in [7, 11) is -0.241. The third-order valence-electron chi connectivity index (χ3n) is 7.80. The Labute approximate surface area is 274 Å². The van der Waals surface area contributed by atoms with Crippen LogP contribution in [0.1, 0.15) is 38.2 Å². The van der Waals surface area contributed by atoms with Gasteiger partial charge in [-0.15, -0.1) is 0 Å². The number of nitrogens with one attached hydrogen (secondary N) is 1. The van der Waals surface area contributed by atoms with Crippen LogP contribution < -0.4 is 23.8 Å². The number of carbonyl (C=O) groups is 2. The Morgan fingerprint density at radius 2 is 1.56 bits per heavy atom. The normalized spacial score (nSPS) is 14.0. The van der Waals surface area contributed by atoms with Crippen LogP contribution in [0.2, 0.25) is 10.0 Å². The molecule has 13 heteroatoms. The fourth-order valence-corrected chi connectivity index (χ4v) is 7.05. The summed E-state index contributed by atoms with van der Waals surface area (Å²) in [4.78, 5) is 28.9. The summed E-state index contributed by atoms with van der Waals surface area (Å²) >= 11 is 12.8. The number of benzene rings is 3. The van der Waals surface area contributed by atoms with Gasteiger partial charge in [-0.3, -0.25) is 13.9 Å². The van der Waals surface area contributed by atoms with Crippen LogP contribution in [0.3, 0.4) is 0 Å². The summed E-state index contributed by atoms with van der Waals surface area (Å²) in [5.41, 5.74) is 0.636. The summed E-state index contributed by atoms with van der Waals surface area (Å²) in [5.74, 6) is -0.305. The van der Waals surface area contributed by atoms with Gasteiger partial charge in [-0.1, -0.05) is 54.2 Å². The van der Waals surface area contributed by atoms with E-state index in [-0.39, 0.29) is 45.6 Å². The molecule has 1 N–H and O–H groups in total. The Morgan fingerprint density at radius 3 is 2.20 bits per heavy atom. The largest absolute Gasteiger partial charge is 0.495 e. The van der Waals surface area contributed by atoms with Crippen LogP contribution in [0.15, 0.2) is 65.6 Å². The number of nitrogens with zero attached hydrogens (tertiary/aromatic N) is 2. The molecule has 0 aromatic heterocycles. The molecule has 10 nitrogen and oxygen atoms in total. The third kappa shape index (κ3) is 7.95. The summed E-state index contributed by atoms with van der Waals surface area (Å²) in [6.45, 7) is 0.903. The van der Waals surface area contributed by atoms with E-state index in [1.165, 1.54) is 56.6 Å². The summed E-state index contributed by atoms with van der Waals surface area (Å²) in [5, 5.41) is 3.68. The molecule has 242 valence electrons. The Bertz CT molecular complexity index is 1630. The van der Waals surface area contributed by atoms with Gasteiger partial charge in [-0.25, -0.2) is 8.42 Å². The average Bonchev–Trinajstić information content (AvgIpc) is 3.55. The Kier molecular flexibility index (Phi) is 11.5. The van der Waals surface area contributed by atoms with Crippen molar-refractivity contribution >= 4 is 50.7 Å². The maximum absolute atomic E-state index is 14.3. The molecule has 1 atom stereocenters. The molecule has 1 saturated carbocycles. The van der Waals surface area contributed by atoms with Crippen LogP contribution in [-0.2, 0) is 26.2 Å². The van der Waals surface area contributed by atoms with Crippen LogP contribution in [0.5, 0.6) is 17.2 Å². The van der Waals surface area contributed by atoms with Gasteiger partial charge in [0.05, 0.1) is 31.9 Å². The van der Waals surface area contributed by atoms with Crippen LogP contribution in [0, 0.1) is 0 Å². The molecule has 4 rings (SSSR count). The number of hydrogen-bond donors (Lipinski definition) is 1. The fraction of sp³-hybridized carbons (Fsp3) is 0.375. The average molecular weight is 679 g/mol. The van der Waals surface area contributed by atoms with Gasteiger partial charge in [0.25, 0.3) is 10.0 Å². The zero-order valence-corrected chi connectivity index (χ0v) is 27.9. The van der Waals surface area contributed by atoms with Gasteiger partial charge in [0.2, 0.25) is 11.8 Å². The topological polar surface area (TPSA) is 114 Å². The lowest BCUT2D eigenvalue weighted by Crippen LogP contribution is -2.52. The first-order chi connectivity index (χ1) is 21.5. The van der Waals surface area contributed by atoms with Gasteiger partial charge in [-0.2, -0.15) is 0 Å². The lowest BCUT2D eigenvalue weighted by atomic mass is 10.1. The van der Waals surface area contributed by atoms with Gasteiger partial charge in [0.15, 0.2) is 11.5 Å². The minimum atomic E-state index is -4.45. The smallest absolute Gasteiger partial charge is 0.265 e. The molecule has 45 heavy (non-hydrogen) atoms. The molecule has 1 aliphatic carbocycles. The number of ether oxygens (including phenoxy) is 3. The number of methoxy groups -OCH3 is 3. The molecule has 1 aliphatic rings. The van der Waals surface area contributed by atoms with Gasteiger partial charge in [-0.05, 0) is 61.7 Å². The van der Waals surface area contributed by atoms with Crippen molar-refractivity contribution in [3.05, 3.63) is 76.3 Å². The second-order valence-corrected chi connectivity index (χ2v) is 13.3. The van der Waals surface area contributed by atoms with Crippen molar-refractivity contribution in [1.82, 2.24) is 10.2 Å². The predicted molar refractivity (Wildman–Crippen MR) is 174 cm³/mol. The summed E-state index contributed by atoms with van der Waals surface area (Å²) in [6.07, 6.45) is 3.77. The minimum Gasteiger partial charge on any atom is -0.495 e. The molecule has 0 radical (unpaired) electrons. The molecule has 0 bridgehead atoms. The highest BCUT2D eigenvalue weighted by atomic mass is 35.5. The van der Waals surface area contributed by atoms with Crippen molar-refractivity contribution in [2.24, 2.45) is 0 Å². The van der Waals surface area contributed by atoms with Gasteiger partial charge in [0, 0.05) is 28.7 Å². The maximum atomic E-state index is 14.3. The van der Waals surface area contributed by atoms with E-state index in [1.54, 1.807) is 37.3 Å². The first-order valence-corrected chi connectivity index (χ1v) is 16.6. The SMILES string of the molecule is COc1ccc(S(=O)(=O)N(CC(=O)N(Cc2ccccc2Cl)[C@H](C)C(=O)NC2CCCC2)c2cc(Cl)ccc2OC)cc1OC. The van der Waals surface area contributed by atoms with Crippen molar-refractivity contribution in [2.45, 2.75) is 56.1 Å². The standard InChI is InChI=1S/C32H37Cl2N3O7S/c1-21(32(39)35-24-10-6-7-11-24)36(19-22-9-5-8-12-26(22)34)31(38)20-37(27-17-23(33)13-15-28(27)42-2)45(40,41)25-14-16-29(43-3)30(18-25)44-4/h5,8-9,12-18,21,24H,6-7,10-11,19-20H2,1-4H3,(H,35,39)/t21-/m1/s1. The van der Waals surface area contributed by atoms with Crippen LogP contribution in [0.25, 0.3) is 0 Å². The van der Waals surface area contributed by atoms with Gasteiger partial charge in [0.1, 0.15) is 18.3 Å². The van der Waals surface area contributed by atoms with E-state index < -0.39 is 28.5 Å². The van der Waals surface area contributed by atoms with E-state index in [0.717, 1.165) is 30.0 Å². The highest BCUT2D eigenvalue weighted by Crippen LogP contribution is 2.37. The highest BCUT2D eigenvalue weighted by Gasteiger charge is 2.35. The van der Waals surface area contributed by atoms with Gasteiger partial charge < -0.3 is 24.4 Å². The molecule has 0 unspecified atom stereocenters. The Morgan fingerprint density at radius 1 is 0.911 bits per heavy atom. The van der Waals surface area contributed by atoms with Crippen LogP contribution >= 0.6 is 23.2 Å². The van der Waals surface area contributed by atoms with Crippen molar-refractivity contribution < 1.29 is 32.2 Å². The van der Waals surface area contributed by atoms with E-state index >= 15 is 0 Å². The first kappa shape index (κ1) is 34.2. The zero-order valence-electron chi connectivity index (χ0n) is 25.6. The van der Waals surface area contributed by atoms with Crippen LogP contribution in [-0.4, -0.2) is 65.1 Å². The molecule has 0 spiro atoms. The minimum absolute atomic E-state index is 0.0230. The molecular formula is C32H37Cl2N3O7S. The first-order valence-electron chi connectivity index (χ1n) is 14.4. The van der Waals surface area contributed by atoms with Gasteiger partial charge >= 0.3 is 0 Å². The molecular weight excluding hydrogens is 641 g/mol. The molecule has 0 aliphatic heterocycles. The quantitative estimate of drug-likeness (QED) is 0.247. The molecule has 0 saturated heterocycles. The van der Waals surface area contributed by atoms with Crippen molar-refractivity contribution in [3.63, 3.8) is 0 Å². The van der Waals surface area contributed by atoms with E-state index in [2.05, 4.69) is 5.32 Å². The Hall–Kier alpha value is -3.67. The second-order valence-electron chi connectivity index (χ2n) is 10.6. The van der Waals surface area contributed by atoms with Crippen molar-refractivity contribution in [2.75, 3.05) is 32.2 Å². The third-order valence-corrected chi connectivity index (χ3v) is 10.2. The lowest BCUT2D eigenvalue weighted by molar-refractivity contribution is -0.139. The molecule has 2 amide bonds. The highest BCUT2D eigenvalue weighted by molar-refractivity contribution is 7.92. The Balaban J connectivity index is 1.78. The monoisotopic (exact) mass is 677 g/mol. The fourth-order valence-electron chi connectivity index (χ4n) is 5.26. The summed E-state index contributed by atoms with van der Waals surface area (Å²) in [6, 6.07) is 14.6. The van der Waals surface area contributed by atoms with Crippen molar-refractivity contribution in [1.29, 1.82) is 0 Å². The number of amides is 2. The zero-order chi connectivity index (χ0) is 32.7. The number of carbonyl (C=O) groups excluding carboxylic acids is 2. The molecule has 1 fully saturated rings. The number of rotatable bonds is 13. The van der Waals surface area contributed by atoms with E-state index in [9.17, 15) is 18.0 Å².